The number of aromatic nitrogens is 1. The first kappa shape index (κ1) is 13.8. The summed E-state index contributed by atoms with van der Waals surface area (Å²) in [5.74, 6) is 0. The summed E-state index contributed by atoms with van der Waals surface area (Å²) in [6, 6.07) is 10.9. The summed E-state index contributed by atoms with van der Waals surface area (Å²) in [6.45, 7) is 6.39. The number of hydrogen-bond acceptors (Lipinski definition) is 2. The third kappa shape index (κ3) is 4.18. The molecule has 0 fully saturated rings. The minimum atomic E-state index is 0.953. The van der Waals surface area contributed by atoms with Crippen LogP contribution in [0, 0.1) is 6.92 Å². The largest absolute Gasteiger partial charge is 0.313 e. The van der Waals surface area contributed by atoms with Crippen molar-refractivity contribution in [3.8, 4) is 0 Å². The van der Waals surface area contributed by atoms with Gasteiger partial charge >= 0.3 is 0 Å². The van der Waals surface area contributed by atoms with E-state index >= 15 is 0 Å². The lowest BCUT2D eigenvalue weighted by Crippen LogP contribution is -2.14. The van der Waals surface area contributed by atoms with Gasteiger partial charge in [0, 0.05) is 18.9 Å². The Morgan fingerprint density at radius 2 is 2.05 bits per heavy atom. The van der Waals surface area contributed by atoms with E-state index in [1.807, 2.05) is 18.5 Å². The van der Waals surface area contributed by atoms with Crippen molar-refractivity contribution in [2.75, 3.05) is 6.54 Å². The van der Waals surface area contributed by atoms with E-state index in [9.17, 15) is 0 Å². The van der Waals surface area contributed by atoms with Gasteiger partial charge in [-0.05, 0) is 54.6 Å². The van der Waals surface area contributed by atoms with Gasteiger partial charge in [-0.25, -0.2) is 0 Å². The quantitative estimate of drug-likeness (QED) is 0.798. The van der Waals surface area contributed by atoms with E-state index in [1.54, 1.807) is 0 Å². The molecule has 2 rings (SSSR count). The van der Waals surface area contributed by atoms with Crippen molar-refractivity contribution < 1.29 is 0 Å². The van der Waals surface area contributed by atoms with Gasteiger partial charge in [-0.15, -0.1) is 0 Å². The maximum Gasteiger partial charge on any atom is 0.0303 e. The van der Waals surface area contributed by atoms with Crippen LogP contribution >= 0.6 is 0 Å². The lowest BCUT2D eigenvalue weighted by Gasteiger charge is -2.10. The van der Waals surface area contributed by atoms with Crippen LogP contribution < -0.4 is 5.32 Å². The predicted octanol–water partition coefficient (Wildman–Crippen LogP) is 3.48. The van der Waals surface area contributed by atoms with Crippen LogP contribution in [0.4, 0.5) is 0 Å². The van der Waals surface area contributed by atoms with Crippen LogP contribution in [0.1, 0.15) is 35.6 Å². The minimum absolute atomic E-state index is 0.953. The van der Waals surface area contributed by atoms with Crippen LogP contribution in [-0.2, 0) is 13.0 Å². The van der Waals surface area contributed by atoms with Gasteiger partial charge in [-0.3, -0.25) is 4.98 Å². The number of rotatable bonds is 6. The first-order valence-corrected chi connectivity index (χ1v) is 6.97. The van der Waals surface area contributed by atoms with Crippen LogP contribution in [0.2, 0.25) is 0 Å². The number of hydrogen-bond donors (Lipinski definition) is 1. The molecule has 1 heterocycles. The zero-order chi connectivity index (χ0) is 13.5. The number of benzene rings is 1. The van der Waals surface area contributed by atoms with Gasteiger partial charge < -0.3 is 5.32 Å². The molecule has 2 heteroatoms. The van der Waals surface area contributed by atoms with Crippen molar-refractivity contribution in [1.29, 1.82) is 0 Å². The maximum absolute atomic E-state index is 4.18. The van der Waals surface area contributed by atoms with E-state index in [1.165, 1.54) is 28.7 Å². The normalized spacial score (nSPS) is 10.6. The highest BCUT2D eigenvalue weighted by Gasteiger charge is 2.02. The molecule has 19 heavy (non-hydrogen) atoms. The Bertz CT molecular complexity index is 506. The molecule has 0 aliphatic rings. The highest BCUT2D eigenvalue weighted by Crippen LogP contribution is 2.15. The van der Waals surface area contributed by atoms with Gasteiger partial charge in [0.05, 0.1) is 0 Å². The van der Waals surface area contributed by atoms with Crippen LogP contribution in [0.15, 0.2) is 42.7 Å². The topological polar surface area (TPSA) is 24.9 Å². The molecule has 0 amide bonds. The second-order valence-electron chi connectivity index (χ2n) is 4.98. The monoisotopic (exact) mass is 254 g/mol. The Morgan fingerprint density at radius 1 is 1.16 bits per heavy atom. The van der Waals surface area contributed by atoms with Crippen LogP contribution in [0.5, 0.6) is 0 Å². The molecule has 1 aromatic carbocycles. The summed E-state index contributed by atoms with van der Waals surface area (Å²) >= 11 is 0. The highest BCUT2D eigenvalue weighted by atomic mass is 14.8. The summed E-state index contributed by atoms with van der Waals surface area (Å²) in [5.41, 5.74) is 5.37. The third-order valence-corrected chi connectivity index (χ3v) is 3.29. The van der Waals surface area contributed by atoms with E-state index in [2.05, 4.69) is 48.4 Å². The van der Waals surface area contributed by atoms with E-state index in [0.29, 0.717) is 0 Å². The Balaban J connectivity index is 2.09. The summed E-state index contributed by atoms with van der Waals surface area (Å²) in [6.07, 6.45) is 5.90. The maximum atomic E-state index is 4.18. The van der Waals surface area contributed by atoms with Gasteiger partial charge in [-0.1, -0.05) is 31.2 Å². The Labute approximate surface area is 115 Å². The smallest absolute Gasteiger partial charge is 0.0303 e. The SMILES string of the molecule is CCCNCc1ccc(C)c(Cc2cccnc2)c1. The van der Waals surface area contributed by atoms with Crippen LogP contribution in [0.25, 0.3) is 0 Å². The summed E-state index contributed by atoms with van der Waals surface area (Å²) in [4.78, 5) is 4.18. The fraction of sp³-hybridized carbons (Fsp3) is 0.353. The number of nitrogens with one attached hydrogen (secondary N) is 1. The first-order valence-electron chi connectivity index (χ1n) is 6.97. The standard InChI is InChI=1S/C17H22N2/c1-3-8-18-13-16-7-6-14(2)17(11-16)10-15-5-4-9-19-12-15/h4-7,9,11-12,18H,3,8,10,13H2,1-2H3. The molecule has 1 N–H and O–H groups in total. The second-order valence-corrected chi connectivity index (χ2v) is 4.98. The van der Waals surface area contributed by atoms with E-state index < -0.39 is 0 Å². The third-order valence-electron chi connectivity index (χ3n) is 3.29. The fourth-order valence-corrected chi connectivity index (χ4v) is 2.16. The van der Waals surface area contributed by atoms with E-state index in [4.69, 9.17) is 0 Å². The average molecular weight is 254 g/mol. The van der Waals surface area contributed by atoms with Gasteiger partial charge in [-0.2, -0.15) is 0 Å². The predicted molar refractivity (Wildman–Crippen MR) is 80.2 cm³/mol. The van der Waals surface area contributed by atoms with Crippen molar-refractivity contribution in [3.63, 3.8) is 0 Å². The molecular formula is C17H22N2. The van der Waals surface area contributed by atoms with Crippen molar-refractivity contribution in [2.45, 2.75) is 33.2 Å². The Kier molecular flexibility index (Phi) is 5.10. The van der Waals surface area contributed by atoms with Gasteiger partial charge in [0.15, 0.2) is 0 Å². The van der Waals surface area contributed by atoms with E-state index in [0.717, 1.165) is 19.5 Å². The molecule has 0 atom stereocenters. The molecule has 0 unspecified atom stereocenters. The summed E-state index contributed by atoms with van der Waals surface area (Å²) < 4.78 is 0. The molecule has 1 aromatic heterocycles. The molecule has 0 saturated heterocycles. The molecular weight excluding hydrogens is 232 g/mol. The Hall–Kier alpha value is -1.67. The highest BCUT2D eigenvalue weighted by molar-refractivity contribution is 5.34. The van der Waals surface area contributed by atoms with Gasteiger partial charge in [0.25, 0.3) is 0 Å². The van der Waals surface area contributed by atoms with E-state index in [-0.39, 0.29) is 0 Å². The molecule has 0 aliphatic carbocycles. The van der Waals surface area contributed by atoms with Crippen LogP contribution in [0.3, 0.4) is 0 Å². The number of aryl methyl sites for hydroxylation is 1. The number of nitrogens with zero attached hydrogens (tertiary/aromatic N) is 1. The average Bonchev–Trinajstić information content (AvgIpc) is 2.44. The molecule has 0 spiro atoms. The van der Waals surface area contributed by atoms with Crippen molar-refractivity contribution in [1.82, 2.24) is 10.3 Å². The second kappa shape index (κ2) is 7.05. The van der Waals surface area contributed by atoms with Crippen LogP contribution in [-0.4, -0.2) is 11.5 Å². The zero-order valence-electron chi connectivity index (χ0n) is 11.8. The molecule has 2 nitrogen and oxygen atoms in total. The van der Waals surface area contributed by atoms with Gasteiger partial charge in [0.2, 0.25) is 0 Å². The minimum Gasteiger partial charge on any atom is -0.313 e. The lowest BCUT2D eigenvalue weighted by molar-refractivity contribution is 0.675. The summed E-state index contributed by atoms with van der Waals surface area (Å²) in [7, 11) is 0. The molecule has 0 bridgehead atoms. The fourth-order valence-electron chi connectivity index (χ4n) is 2.16. The summed E-state index contributed by atoms with van der Waals surface area (Å²) in [5, 5.41) is 3.45. The van der Waals surface area contributed by atoms with Gasteiger partial charge in [0.1, 0.15) is 0 Å². The zero-order valence-corrected chi connectivity index (χ0v) is 11.8. The first-order chi connectivity index (χ1) is 9.29. The molecule has 100 valence electrons. The molecule has 0 radical (unpaired) electrons. The van der Waals surface area contributed by atoms with Crippen molar-refractivity contribution in [2.24, 2.45) is 0 Å². The molecule has 0 aliphatic heterocycles. The molecule has 2 aromatic rings. The molecule has 0 saturated carbocycles. The van der Waals surface area contributed by atoms with Crippen molar-refractivity contribution >= 4 is 0 Å². The lowest BCUT2D eigenvalue weighted by atomic mass is 9.99. The Morgan fingerprint density at radius 3 is 2.79 bits per heavy atom. The number of pyridine rings is 1. The van der Waals surface area contributed by atoms with Crippen molar-refractivity contribution in [3.05, 3.63) is 65.0 Å².